The Hall–Kier alpha value is -2.26. The van der Waals surface area contributed by atoms with Gasteiger partial charge in [0.25, 0.3) is 5.56 Å². The largest absolute Gasteiger partial charge is 0.394 e. The lowest BCUT2D eigenvalue weighted by molar-refractivity contribution is -0.0207. The predicted octanol–water partition coefficient (Wildman–Crippen LogP) is 0.0109. The van der Waals surface area contributed by atoms with Crippen molar-refractivity contribution in [2.24, 2.45) is 4.99 Å². The minimum absolute atomic E-state index is 0.0183. The van der Waals surface area contributed by atoms with Crippen LogP contribution >= 0.6 is 0 Å². The number of imidazole rings is 1. The van der Waals surface area contributed by atoms with E-state index in [-0.39, 0.29) is 36.0 Å². The average molecular weight is 306 g/mol. The third kappa shape index (κ3) is 2.72. The molecular weight excluding hydrogens is 288 g/mol. The van der Waals surface area contributed by atoms with Gasteiger partial charge in [-0.25, -0.2) is 9.98 Å². The summed E-state index contributed by atoms with van der Waals surface area (Å²) in [5.41, 5.74) is 0.337. The van der Waals surface area contributed by atoms with Crippen molar-refractivity contribution in [2.75, 3.05) is 20.7 Å². The first-order chi connectivity index (χ1) is 10.6. The maximum atomic E-state index is 12.1. The van der Waals surface area contributed by atoms with Crippen LogP contribution in [0.2, 0.25) is 0 Å². The van der Waals surface area contributed by atoms with Crippen molar-refractivity contribution in [1.29, 1.82) is 0 Å². The molecule has 2 N–H and O–H groups in total. The fourth-order valence-corrected chi connectivity index (χ4v) is 2.38. The minimum atomic E-state index is -0.341. The van der Waals surface area contributed by atoms with Crippen LogP contribution in [0.4, 0.5) is 5.95 Å². The first-order valence-electron chi connectivity index (χ1n) is 7.02. The van der Waals surface area contributed by atoms with Gasteiger partial charge in [0.2, 0.25) is 5.95 Å². The number of aromatic nitrogens is 4. The number of aliphatic hydroxyl groups excluding tert-OH is 1. The summed E-state index contributed by atoms with van der Waals surface area (Å²) in [7, 11) is 3.65. The molecule has 0 bridgehead atoms. The number of nitrogens with one attached hydrogen (secondary N) is 1. The van der Waals surface area contributed by atoms with E-state index < -0.39 is 0 Å². The van der Waals surface area contributed by atoms with E-state index in [4.69, 9.17) is 9.84 Å². The number of hydrogen-bond acceptors (Lipinski definition) is 6. The van der Waals surface area contributed by atoms with Gasteiger partial charge in [-0.2, -0.15) is 4.98 Å². The van der Waals surface area contributed by atoms with E-state index in [1.165, 1.54) is 6.33 Å². The highest BCUT2D eigenvalue weighted by Gasteiger charge is 2.27. The molecule has 118 valence electrons. The average Bonchev–Trinajstić information content (AvgIpc) is 3.11. The van der Waals surface area contributed by atoms with Crippen molar-refractivity contribution in [3.05, 3.63) is 16.7 Å². The Labute approximate surface area is 126 Å². The number of ether oxygens (including phenoxy) is 1. The van der Waals surface area contributed by atoms with Gasteiger partial charge in [-0.05, 0) is 12.8 Å². The molecule has 0 saturated carbocycles. The third-order valence-electron chi connectivity index (χ3n) is 3.43. The Morgan fingerprint density at radius 1 is 1.59 bits per heavy atom. The Morgan fingerprint density at radius 3 is 3.09 bits per heavy atom. The van der Waals surface area contributed by atoms with Crippen molar-refractivity contribution in [3.63, 3.8) is 0 Å². The van der Waals surface area contributed by atoms with Gasteiger partial charge >= 0.3 is 0 Å². The zero-order chi connectivity index (χ0) is 15.7. The van der Waals surface area contributed by atoms with Gasteiger partial charge in [0.15, 0.2) is 11.2 Å². The van der Waals surface area contributed by atoms with Gasteiger partial charge in [0.05, 0.1) is 25.4 Å². The molecule has 2 aromatic heterocycles. The van der Waals surface area contributed by atoms with Crippen LogP contribution in [0.25, 0.3) is 11.2 Å². The maximum absolute atomic E-state index is 12.1. The second-order valence-electron chi connectivity index (χ2n) is 5.39. The molecule has 9 heteroatoms. The van der Waals surface area contributed by atoms with Crippen LogP contribution in [0, 0.1) is 0 Å². The van der Waals surface area contributed by atoms with Crippen LogP contribution in [-0.2, 0) is 4.74 Å². The number of aliphatic hydroxyl groups is 1. The minimum Gasteiger partial charge on any atom is -0.394 e. The van der Waals surface area contributed by atoms with Gasteiger partial charge in [-0.15, -0.1) is 0 Å². The summed E-state index contributed by atoms with van der Waals surface area (Å²) in [5.74, 6) is 0.213. The van der Waals surface area contributed by atoms with Crippen molar-refractivity contribution < 1.29 is 9.84 Å². The molecule has 2 unspecified atom stereocenters. The lowest BCUT2D eigenvalue weighted by atomic mass is 10.2. The van der Waals surface area contributed by atoms with Gasteiger partial charge in [0.1, 0.15) is 6.23 Å². The second kappa shape index (κ2) is 5.85. The van der Waals surface area contributed by atoms with E-state index in [0.29, 0.717) is 5.65 Å². The molecule has 1 fully saturated rings. The fraction of sp³-hybridized carbons (Fsp3) is 0.538. The lowest BCUT2D eigenvalue weighted by Crippen LogP contribution is -2.15. The molecule has 0 radical (unpaired) electrons. The lowest BCUT2D eigenvalue weighted by Gasteiger charge is -2.13. The number of nitrogens with zero attached hydrogens (tertiary/aromatic N) is 5. The number of fused-ring (bicyclic) bond motifs is 1. The van der Waals surface area contributed by atoms with Crippen LogP contribution in [0.3, 0.4) is 0 Å². The summed E-state index contributed by atoms with van der Waals surface area (Å²) in [6.07, 6.45) is 4.13. The molecule has 3 heterocycles. The number of H-pyrrole nitrogens is 1. The second-order valence-corrected chi connectivity index (χ2v) is 5.39. The van der Waals surface area contributed by atoms with E-state index in [2.05, 4.69) is 19.9 Å². The summed E-state index contributed by atoms with van der Waals surface area (Å²) in [4.78, 5) is 28.9. The molecule has 1 aliphatic heterocycles. The van der Waals surface area contributed by atoms with Crippen molar-refractivity contribution in [2.45, 2.75) is 25.2 Å². The quantitative estimate of drug-likeness (QED) is 0.608. The van der Waals surface area contributed by atoms with Crippen LogP contribution < -0.4 is 5.56 Å². The summed E-state index contributed by atoms with van der Waals surface area (Å²) in [6, 6.07) is 0. The van der Waals surface area contributed by atoms with E-state index in [1.54, 1.807) is 15.8 Å². The van der Waals surface area contributed by atoms with Gasteiger partial charge in [-0.1, -0.05) is 0 Å². The number of hydrogen-bond donors (Lipinski definition) is 2. The predicted molar refractivity (Wildman–Crippen MR) is 80.2 cm³/mol. The third-order valence-corrected chi connectivity index (χ3v) is 3.43. The van der Waals surface area contributed by atoms with E-state index in [9.17, 15) is 4.79 Å². The maximum Gasteiger partial charge on any atom is 0.280 e. The molecule has 0 aromatic carbocycles. The molecule has 3 rings (SSSR count). The van der Waals surface area contributed by atoms with Crippen molar-refractivity contribution in [3.8, 4) is 0 Å². The van der Waals surface area contributed by atoms with E-state index in [1.807, 2.05) is 14.1 Å². The molecule has 9 nitrogen and oxygen atoms in total. The summed E-state index contributed by atoms with van der Waals surface area (Å²) in [6.45, 7) is -0.0183. The standard InChI is InChI=1S/C13H18N6O3/c1-18(2)6-15-13-16-11-10(12(21)17-13)14-7-19(11)9-4-3-8(5-20)22-9/h6-9,20H,3-5H2,1-2H3,(H,16,17,21)/b15-6+. The molecule has 0 amide bonds. The van der Waals surface area contributed by atoms with Crippen LogP contribution in [-0.4, -0.2) is 62.7 Å². The highest BCUT2D eigenvalue weighted by molar-refractivity contribution is 5.71. The molecule has 1 aliphatic rings. The molecule has 2 aromatic rings. The zero-order valence-corrected chi connectivity index (χ0v) is 12.4. The SMILES string of the molecule is CN(C)/C=N/c1nc2c(ncn2C2CCC(CO)O2)c(=O)[nH]1. The number of rotatable bonds is 4. The Morgan fingerprint density at radius 2 is 2.41 bits per heavy atom. The number of aliphatic imine (C=N–C) groups is 1. The monoisotopic (exact) mass is 306 g/mol. The van der Waals surface area contributed by atoms with Crippen molar-refractivity contribution >= 4 is 23.5 Å². The van der Waals surface area contributed by atoms with Gasteiger partial charge in [-0.3, -0.25) is 14.3 Å². The summed E-state index contributed by atoms with van der Waals surface area (Å²) in [5, 5.41) is 9.16. The van der Waals surface area contributed by atoms with E-state index >= 15 is 0 Å². The highest BCUT2D eigenvalue weighted by atomic mass is 16.5. The zero-order valence-electron chi connectivity index (χ0n) is 12.4. The molecule has 0 aliphatic carbocycles. The van der Waals surface area contributed by atoms with Crippen LogP contribution in [0.5, 0.6) is 0 Å². The normalized spacial score (nSPS) is 22.0. The Kier molecular flexibility index (Phi) is 3.90. The first-order valence-corrected chi connectivity index (χ1v) is 7.02. The Bertz CT molecular complexity index is 750. The Balaban J connectivity index is 2.00. The molecule has 1 saturated heterocycles. The smallest absolute Gasteiger partial charge is 0.280 e. The highest BCUT2D eigenvalue weighted by Crippen LogP contribution is 2.29. The molecular formula is C13H18N6O3. The summed E-state index contributed by atoms with van der Waals surface area (Å²) < 4.78 is 7.43. The van der Waals surface area contributed by atoms with Crippen LogP contribution in [0.1, 0.15) is 19.1 Å². The number of aromatic amines is 1. The van der Waals surface area contributed by atoms with E-state index in [0.717, 1.165) is 12.8 Å². The fourth-order valence-electron chi connectivity index (χ4n) is 2.38. The molecule has 2 atom stereocenters. The van der Waals surface area contributed by atoms with Gasteiger partial charge in [0, 0.05) is 14.1 Å². The van der Waals surface area contributed by atoms with Crippen molar-refractivity contribution in [1.82, 2.24) is 24.4 Å². The van der Waals surface area contributed by atoms with Crippen LogP contribution in [0.15, 0.2) is 16.1 Å². The first kappa shape index (κ1) is 14.7. The summed E-state index contributed by atoms with van der Waals surface area (Å²) >= 11 is 0. The van der Waals surface area contributed by atoms with Gasteiger partial charge < -0.3 is 14.7 Å². The molecule has 22 heavy (non-hydrogen) atoms. The topological polar surface area (TPSA) is 109 Å². The molecule has 0 spiro atoms.